The summed E-state index contributed by atoms with van der Waals surface area (Å²) in [6.07, 6.45) is 12.6. The van der Waals surface area contributed by atoms with Gasteiger partial charge in [-0.2, -0.15) is 0 Å². The zero-order chi connectivity index (χ0) is 27.7. The number of benzene rings is 1. The minimum atomic E-state index is -1.11. The van der Waals surface area contributed by atoms with Gasteiger partial charge >= 0.3 is 0 Å². The van der Waals surface area contributed by atoms with E-state index in [0.717, 1.165) is 56.1 Å². The van der Waals surface area contributed by atoms with Crippen molar-refractivity contribution in [2.75, 3.05) is 6.54 Å². The molecule has 1 saturated heterocycles. The van der Waals surface area contributed by atoms with Crippen LogP contribution in [-0.2, 0) is 27.2 Å². The second kappa shape index (κ2) is 17.4. The van der Waals surface area contributed by atoms with Crippen molar-refractivity contribution in [2.24, 2.45) is 0 Å². The molecule has 0 spiro atoms. The fraction of sp³-hybridized carbons (Fsp3) is 0.548. The Labute approximate surface area is 232 Å². The molecule has 3 rings (SSSR count). The van der Waals surface area contributed by atoms with Gasteiger partial charge in [-0.25, -0.2) is 0 Å². The highest BCUT2D eigenvalue weighted by molar-refractivity contribution is 5.88. The lowest BCUT2D eigenvalue weighted by Crippen LogP contribution is -2.51. The van der Waals surface area contributed by atoms with Crippen molar-refractivity contribution in [1.82, 2.24) is 20.9 Å². The average Bonchev–Trinajstić information content (AvgIpc) is 2.93. The summed E-state index contributed by atoms with van der Waals surface area (Å²) >= 11 is 0. The van der Waals surface area contributed by atoms with Crippen molar-refractivity contribution in [3.63, 3.8) is 0 Å². The third-order valence-corrected chi connectivity index (χ3v) is 7.20. The second-order valence-electron chi connectivity index (χ2n) is 10.5. The molecule has 8 nitrogen and oxygen atoms in total. The molecule has 0 saturated carbocycles. The molecular weight excluding hydrogens is 492 g/mol. The number of amides is 3. The molecule has 3 amide bonds. The first-order valence-corrected chi connectivity index (χ1v) is 14.5. The van der Waals surface area contributed by atoms with Gasteiger partial charge in [0, 0.05) is 31.8 Å². The Bertz CT molecular complexity index is 1000. The number of carbonyl (C=O) groups is 3. The SMILES string of the molecule is O=C1C[C@H](O)[C@H](Cc2ccccc2)NC(=O)CCCCCCCCCCCNC(=O)[C@H](Cc2cccnc2)N1. The largest absolute Gasteiger partial charge is 0.390 e. The Kier molecular flexibility index (Phi) is 13.5. The molecule has 0 radical (unpaired) electrons. The standard InChI is InChI=1S/C31H44N4O4/c36-28-22-30(38)35-27(21-25-16-13-18-32-23-25)31(39)33-19-12-7-5-3-1-2-4-6-11-17-29(37)34-26(28)20-24-14-9-8-10-15-24/h8-10,13-16,18,23,26-28,36H,1-7,11-12,17,19-22H2,(H,33,39)(H,34,37)(H,35,38)/t26-,27-,28-/m0/s1. The van der Waals surface area contributed by atoms with Crippen LogP contribution in [-0.4, -0.2) is 52.5 Å². The predicted molar refractivity (Wildman–Crippen MR) is 152 cm³/mol. The number of hydrogen-bond acceptors (Lipinski definition) is 5. The molecule has 39 heavy (non-hydrogen) atoms. The molecule has 1 aliphatic heterocycles. The highest BCUT2D eigenvalue weighted by Crippen LogP contribution is 2.13. The molecule has 3 atom stereocenters. The van der Waals surface area contributed by atoms with E-state index in [1.165, 1.54) is 12.8 Å². The maximum atomic E-state index is 13.1. The Morgan fingerprint density at radius 2 is 1.41 bits per heavy atom. The molecule has 8 heteroatoms. The van der Waals surface area contributed by atoms with E-state index in [-0.39, 0.29) is 18.2 Å². The number of nitrogens with one attached hydrogen (secondary N) is 3. The molecule has 2 heterocycles. The van der Waals surface area contributed by atoms with Crippen LogP contribution in [0.1, 0.15) is 81.8 Å². The van der Waals surface area contributed by atoms with E-state index in [4.69, 9.17) is 0 Å². The van der Waals surface area contributed by atoms with E-state index in [1.807, 2.05) is 36.4 Å². The minimum Gasteiger partial charge on any atom is -0.390 e. The zero-order valence-electron chi connectivity index (χ0n) is 22.9. The summed E-state index contributed by atoms with van der Waals surface area (Å²) in [6, 6.07) is 11.9. The van der Waals surface area contributed by atoms with Gasteiger partial charge in [0.05, 0.1) is 18.6 Å². The summed E-state index contributed by atoms with van der Waals surface area (Å²) in [6.45, 7) is 0.562. The second-order valence-corrected chi connectivity index (χ2v) is 10.5. The number of pyridine rings is 1. The van der Waals surface area contributed by atoms with Crippen LogP contribution < -0.4 is 16.0 Å². The van der Waals surface area contributed by atoms with E-state index in [0.29, 0.717) is 25.8 Å². The first-order chi connectivity index (χ1) is 19.0. The van der Waals surface area contributed by atoms with E-state index in [1.54, 1.807) is 18.5 Å². The zero-order valence-corrected chi connectivity index (χ0v) is 22.9. The Balaban J connectivity index is 1.71. The van der Waals surface area contributed by atoms with E-state index in [2.05, 4.69) is 20.9 Å². The maximum Gasteiger partial charge on any atom is 0.242 e. The first kappa shape index (κ1) is 30.3. The Morgan fingerprint density at radius 1 is 0.744 bits per heavy atom. The molecule has 0 bridgehead atoms. The molecule has 1 aromatic carbocycles. The van der Waals surface area contributed by atoms with Gasteiger partial charge in [0.15, 0.2) is 0 Å². The molecular formula is C31H44N4O4. The van der Waals surface area contributed by atoms with E-state index >= 15 is 0 Å². The van der Waals surface area contributed by atoms with Crippen LogP contribution in [0.2, 0.25) is 0 Å². The van der Waals surface area contributed by atoms with Gasteiger partial charge in [-0.05, 0) is 36.5 Å². The fourth-order valence-corrected chi connectivity index (χ4v) is 4.96. The number of hydrogen-bond donors (Lipinski definition) is 4. The van der Waals surface area contributed by atoms with Crippen molar-refractivity contribution in [2.45, 2.75) is 102 Å². The van der Waals surface area contributed by atoms with E-state index < -0.39 is 24.1 Å². The highest BCUT2D eigenvalue weighted by atomic mass is 16.3. The number of aliphatic hydroxyl groups is 1. The van der Waals surface area contributed by atoms with Crippen molar-refractivity contribution in [1.29, 1.82) is 0 Å². The van der Waals surface area contributed by atoms with Gasteiger partial charge < -0.3 is 21.1 Å². The molecule has 1 aromatic heterocycles. The number of aromatic nitrogens is 1. The van der Waals surface area contributed by atoms with Crippen LogP contribution in [0.5, 0.6) is 0 Å². The molecule has 1 fully saturated rings. The monoisotopic (exact) mass is 536 g/mol. The van der Waals surface area contributed by atoms with Crippen LogP contribution in [0, 0.1) is 0 Å². The van der Waals surface area contributed by atoms with Gasteiger partial charge in [0.1, 0.15) is 6.04 Å². The lowest BCUT2D eigenvalue weighted by atomic mass is 9.98. The summed E-state index contributed by atoms with van der Waals surface area (Å²) in [7, 11) is 0. The number of nitrogens with zero attached hydrogens (tertiary/aromatic N) is 1. The summed E-state index contributed by atoms with van der Waals surface area (Å²) in [5, 5.41) is 19.8. The Hall–Kier alpha value is -3.26. The smallest absolute Gasteiger partial charge is 0.242 e. The third kappa shape index (κ3) is 12.0. The topological polar surface area (TPSA) is 120 Å². The molecule has 4 N–H and O–H groups in total. The molecule has 2 aromatic rings. The van der Waals surface area contributed by atoms with Gasteiger partial charge in [-0.15, -0.1) is 0 Å². The van der Waals surface area contributed by atoms with Crippen LogP contribution in [0.4, 0.5) is 0 Å². The third-order valence-electron chi connectivity index (χ3n) is 7.20. The van der Waals surface area contributed by atoms with Crippen molar-refractivity contribution in [3.05, 3.63) is 66.0 Å². The Morgan fingerprint density at radius 3 is 2.10 bits per heavy atom. The van der Waals surface area contributed by atoms with Gasteiger partial charge in [0.25, 0.3) is 0 Å². The van der Waals surface area contributed by atoms with Crippen LogP contribution in [0.3, 0.4) is 0 Å². The maximum absolute atomic E-state index is 13.1. The van der Waals surface area contributed by atoms with Gasteiger partial charge in [0.2, 0.25) is 17.7 Å². The van der Waals surface area contributed by atoms with Gasteiger partial charge in [-0.1, -0.05) is 81.3 Å². The van der Waals surface area contributed by atoms with Crippen LogP contribution >= 0.6 is 0 Å². The first-order valence-electron chi connectivity index (χ1n) is 14.5. The normalized spacial score (nSPS) is 23.5. The molecule has 212 valence electrons. The fourth-order valence-electron chi connectivity index (χ4n) is 4.96. The summed E-state index contributed by atoms with van der Waals surface area (Å²) in [5.41, 5.74) is 1.79. The lowest BCUT2D eigenvalue weighted by Gasteiger charge is -2.25. The van der Waals surface area contributed by atoms with Crippen molar-refractivity contribution >= 4 is 17.7 Å². The van der Waals surface area contributed by atoms with Crippen molar-refractivity contribution in [3.8, 4) is 0 Å². The highest BCUT2D eigenvalue weighted by Gasteiger charge is 2.27. The van der Waals surface area contributed by atoms with E-state index in [9.17, 15) is 19.5 Å². The van der Waals surface area contributed by atoms with Crippen LogP contribution in [0.15, 0.2) is 54.9 Å². The number of aliphatic hydroxyl groups excluding tert-OH is 1. The summed E-state index contributed by atoms with van der Waals surface area (Å²) in [5.74, 6) is -0.804. The average molecular weight is 537 g/mol. The van der Waals surface area contributed by atoms with Gasteiger partial charge in [-0.3, -0.25) is 19.4 Å². The minimum absolute atomic E-state index is 0.116. The van der Waals surface area contributed by atoms with Crippen LogP contribution in [0.25, 0.3) is 0 Å². The number of carbonyl (C=O) groups excluding carboxylic acids is 3. The number of rotatable bonds is 4. The predicted octanol–water partition coefficient (Wildman–Crippen LogP) is 3.62. The molecule has 0 unspecified atom stereocenters. The summed E-state index contributed by atoms with van der Waals surface area (Å²) in [4.78, 5) is 43.0. The quantitative estimate of drug-likeness (QED) is 0.476. The summed E-state index contributed by atoms with van der Waals surface area (Å²) < 4.78 is 0. The lowest BCUT2D eigenvalue weighted by molar-refractivity contribution is -0.130. The van der Waals surface area contributed by atoms with Crippen molar-refractivity contribution < 1.29 is 19.5 Å². The molecule has 1 aliphatic rings. The molecule has 0 aliphatic carbocycles.